The SMILES string of the molecule is O=C(CCCCl)N1CCN(C(=O)C(F)(F)F)CC1. The Balaban J connectivity index is 2.41. The van der Waals surface area contributed by atoms with Gasteiger partial charge in [0.15, 0.2) is 0 Å². The van der Waals surface area contributed by atoms with Gasteiger partial charge < -0.3 is 9.80 Å². The quantitative estimate of drug-likeness (QED) is 0.733. The number of nitrogens with zero attached hydrogens (tertiary/aromatic N) is 2. The molecule has 0 radical (unpaired) electrons. The number of hydrogen-bond acceptors (Lipinski definition) is 2. The van der Waals surface area contributed by atoms with E-state index in [1.807, 2.05) is 0 Å². The number of rotatable bonds is 3. The van der Waals surface area contributed by atoms with Crippen LogP contribution in [0.3, 0.4) is 0 Å². The van der Waals surface area contributed by atoms with E-state index < -0.39 is 12.1 Å². The molecule has 0 spiro atoms. The topological polar surface area (TPSA) is 40.6 Å². The van der Waals surface area contributed by atoms with Crippen LogP contribution < -0.4 is 0 Å². The molecule has 0 saturated carbocycles. The molecule has 18 heavy (non-hydrogen) atoms. The Labute approximate surface area is 108 Å². The molecule has 0 N–H and O–H groups in total. The van der Waals surface area contributed by atoms with E-state index in [1.165, 1.54) is 4.90 Å². The van der Waals surface area contributed by atoms with E-state index in [0.717, 1.165) is 4.90 Å². The van der Waals surface area contributed by atoms with Crippen molar-refractivity contribution in [2.24, 2.45) is 0 Å². The van der Waals surface area contributed by atoms with Gasteiger partial charge in [0, 0.05) is 38.5 Å². The molecule has 8 heteroatoms. The average molecular weight is 287 g/mol. The first kappa shape index (κ1) is 15.1. The summed E-state index contributed by atoms with van der Waals surface area (Å²) in [6.45, 7) is 0.127. The molecule has 0 aromatic carbocycles. The molecule has 104 valence electrons. The lowest BCUT2D eigenvalue weighted by atomic mass is 10.2. The Morgan fingerprint density at radius 1 is 1.06 bits per heavy atom. The van der Waals surface area contributed by atoms with Crippen molar-refractivity contribution in [1.29, 1.82) is 0 Å². The second-order valence-electron chi connectivity index (χ2n) is 3.96. The van der Waals surface area contributed by atoms with Crippen molar-refractivity contribution >= 4 is 23.4 Å². The number of amides is 2. The molecule has 2 amide bonds. The van der Waals surface area contributed by atoms with Gasteiger partial charge in [0.25, 0.3) is 0 Å². The highest BCUT2D eigenvalue weighted by Gasteiger charge is 2.43. The number of carbonyl (C=O) groups excluding carboxylic acids is 2. The van der Waals surface area contributed by atoms with Crippen molar-refractivity contribution in [3.8, 4) is 0 Å². The molecule has 1 aliphatic heterocycles. The van der Waals surface area contributed by atoms with E-state index in [1.54, 1.807) is 0 Å². The van der Waals surface area contributed by atoms with Gasteiger partial charge in [-0.05, 0) is 6.42 Å². The number of carbonyl (C=O) groups is 2. The summed E-state index contributed by atoms with van der Waals surface area (Å²) in [6, 6.07) is 0. The zero-order valence-corrected chi connectivity index (χ0v) is 10.4. The predicted octanol–water partition coefficient (Wildman–Crippen LogP) is 1.24. The molecule has 1 rings (SSSR count). The Morgan fingerprint density at radius 3 is 2.00 bits per heavy atom. The highest BCUT2D eigenvalue weighted by Crippen LogP contribution is 2.19. The molecule has 0 aromatic heterocycles. The fourth-order valence-electron chi connectivity index (χ4n) is 1.71. The zero-order chi connectivity index (χ0) is 13.8. The van der Waals surface area contributed by atoms with Crippen molar-refractivity contribution in [2.75, 3.05) is 32.1 Å². The second-order valence-corrected chi connectivity index (χ2v) is 4.34. The zero-order valence-electron chi connectivity index (χ0n) is 9.67. The maximum absolute atomic E-state index is 12.2. The molecule has 1 aliphatic rings. The summed E-state index contributed by atoms with van der Waals surface area (Å²) in [5.74, 6) is -1.59. The summed E-state index contributed by atoms with van der Waals surface area (Å²) in [5.41, 5.74) is 0. The van der Waals surface area contributed by atoms with E-state index >= 15 is 0 Å². The van der Waals surface area contributed by atoms with Gasteiger partial charge in [0.05, 0.1) is 0 Å². The number of alkyl halides is 4. The van der Waals surface area contributed by atoms with Crippen LogP contribution in [0.4, 0.5) is 13.2 Å². The smallest absolute Gasteiger partial charge is 0.339 e. The number of piperazine rings is 1. The van der Waals surface area contributed by atoms with Gasteiger partial charge in [-0.25, -0.2) is 0 Å². The average Bonchev–Trinajstić information content (AvgIpc) is 2.34. The van der Waals surface area contributed by atoms with Crippen molar-refractivity contribution in [3.05, 3.63) is 0 Å². The van der Waals surface area contributed by atoms with E-state index in [2.05, 4.69) is 0 Å². The molecule has 0 aliphatic carbocycles. The molecular weight excluding hydrogens is 273 g/mol. The molecule has 0 unspecified atom stereocenters. The van der Waals surface area contributed by atoms with Gasteiger partial charge in [0.1, 0.15) is 0 Å². The molecule has 1 heterocycles. The van der Waals surface area contributed by atoms with Crippen LogP contribution in [-0.4, -0.2) is 59.8 Å². The summed E-state index contributed by atoms with van der Waals surface area (Å²) >= 11 is 5.45. The normalized spacial score (nSPS) is 16.9. The van der Waals surface area contributed by atoms with Crippen LogP contribution in [0.15, 0.2) is 0 Å². The molecule has 4 nitrogen and oxygen atoms in total. The third-order valence-electron chi connectivity index (χ3n) is 2.69. The van der Waals surface area contributed by atoms with Crippen LogP contribution in [-0.2, 0) is 9.59 Å². The summed E-state index contributed by atoms with van der Waals surface area (Å²) in [7, 11) is 0. The summed E-state index contributed by atoms with van der Waals surface area (Å²) in [4.78, 5) is 24.7. The fraction of sp³-hybridized carbons (Fsp3) is 0.800. The first-order chi connectivity index (χ1) is 8.36. The largest absolute Gasteiger partial charge is 0.471 e. The molecular formula is C10H14ClF3N2O2. The minimum Gasteiger partial charge on any atom is -0.339 e. The lowest BCUT2D eigenvalue weighted by molar-refractivity contribution is -0.187. The van der Waals surface area contributed by atoms with Crippen molar-refractivity contribution in [1.82, 2.24) is 9.80 Å². The Bertz CT molecular complexity index is 315. The van der Waals surface area contributed by atoms with Crippen LogP contribution >= 0.6 is 11.6 Å². The fourth-order valence-corrected chi connectivity index (χ4v) is 1.85. The van der Waals surface area contributed by atoms with E-state index in [-0.39, 0.29) is 38.5 Å². The summed E-state index contributed by atoms with van der Waals surface area (Å²) < 4.78 is 36.5. The van der Waals surface area contributed by atoms with Crippen LogP contribution in [0.2, 0.25) is 0 Å². The minimum atomic E-state index is -4.84. The molecule has 0 bridgehead atoms. The van der Waals surface area contributed by atoms with Crippen LogP contribution in [0, 0.1) is 0 Å². The molecule has 1 fully saturated rings. The second kappa shape index (κ2) is 6.26. The Kier molecular flexibility index (Phi) is 5.25. The van der Waals surface area contributed by atoms with Gasteiger partial charge in [-0.2, -0.15) is 13.2 Å². The van der Waals surface area contributed by atoms with Gasteiger partial charge in [-0.1, -0.05) is 0 Å². The van der Waals surface area contributed by atoms with Gasteiger partial charge in [-0.3, -0.25) is 9.59 Å². The first-order valence-electron chi connectivity index (χ1n) is 5.56. The summed E-state index contributed by atoms with van der Waals surface area (Å²) in [5, 5.41) is 0. The highest BCUT2D eigenvalue weighted by molar-refractivity contribution is 6.17. The van der Waals surface area contributed by atoms with E-state index in [9.17, 15) is 22.8 Å². The number of halogens is 4. The predicted molar refractivity (Wildman–Crippen MR) is 59.2 cm³/mol. The van der Waals surface area contributed by atoms with Gasteiger partial charge >= 0.3 is 12.1 Å². The monoisotopic (exact) mass is 286 g/mol. The third kappa shape index (κ3) is 4.04. The van der Waals surface area contributed by atoms with Gasteiger partial charge in [-0.15, -0.1) is 11.6 Å². The van der Waals surface area contributed by atoms with Crippen molar-refractivity contribution in [2.45, 2.75) is 19.0 Å². The van der Waals surface area contributed by atoms with Crippen molar-refractivity contribution in [3.63, 3.8) is 0 Å². The molecule has 0 atom stereocenters. The number of hydrogen-bond donors (Lipinski definition) is 0. The van der Waals surface area contributed by atoms with E-state index in [0.29, 0.717) is 12.3 Å². The molecule has 0 aromatic rings. The van der Waals surface area contributed by atoms with E-state index in [4.69, 9.17) is 11.6 Å². The van der Waals surface area contributed by atoms with Crippen LogP contribution in [0.1, 0.15) is 12.8 Å². The Morgan fingerprint density at radius 2 is 1.56 bits per heavy atom. The van der Waals surface area contributed by atoms with Crippen molar-refractivity contribution < 1.29 is 22.8 Å². The highest BCUT2D eigenvalue weighted by atomic mass is 35.5. The Hall–Kier alpha value is -0.980. The minimum absolute atomic E-state index is 0.0784. The maximum atomic E-state index is 12.2. The standard InChI is InChI=1S/C10H14ClF3N2O2/c11-3-1-2-8(17)15-4-6-16(7-5-15)9(18)10(12,13)14/h1-7H2. The van der Waals surface area contributed by atoms with Gasteiger partial charge in [0.2, 0.25) is 5.91 Å². The maximum Gasteiger partial charge on any atom is 0.471 e. The third-order valence-corrected chi connectivity index (χ3v) is 2.95. The lowest BCUT2D eigenvalue weighted by Gasteiger charge is -2.35. The molecule has 1 saturated heterocycles. The first-order valence-corrected chi connectivity index (χ1v) is 6.09. The lowest BCUT2D eigenvalue weighted by Crippen LogP contribution is -2.53. The van der Waals surface area contributed by atoms with Crippen LogP contribution in [0.5, 0.6) is 0 Å². The summed E-state index contributed by atoms with van der Waals surface area (Å²) in [6.07, 6.45) is -4.01. The van der Waals surface area contributed by atoms with Crippen LogP contribution in [0.25, 0.3) is 0 Å².